The molecule has 0 atom stereocenters. The van der Waals surface area contributed by atoms with Gasteiger partial charge in [-0.15, -0.1) is 0 Å². The maximum atomic E-state index is 13.3. The van der Waals surface area contributed by atoms with E-state index in [2.05, 4.69) is 0 Å². The molecule has 0 saturated heterocycles. The molecule has 2 rings (SSSR count). The Morgan fingerprint density at radius 1 is 1.31 bits per heavy atom. The molecule has 86 valence electrons. The highest BCUT2D eigenvalue weighted by molar-refractivity contribution is 5.88. The topological polar surface area (TPSA) is 57.5 Å². The Morgan fingerprint density at radius 2 is 1.81 bits per heavy atom. The number of carbonyl (C=O) groups is 1. The van der Waals surface area contributed by atoms with Crippen molar-refractivity contribution in [3.63, 3.8) is 0 Å². The number of benzene rings is 1. The van der Waals surface area contributed by atoms with Crippen LogP contribution in [0.15, 0.2) is 12.1 Å². The van der Waals surface area contributed by atoms with Gasteiger partial charge in [0.05, 0.1) is 5.60 Å². The van der Waals surface area contributed by atoms with Crippen molar-refractivity contribution in [2.24, 2.45) is 0 Å². The number of halogens is 2. The summed E-state index contributed by atoms with van der Waals surface area (Å²) in [6.45, 7) is 0. The second-order valence-corrected chi connectivity index (χ2v) is 4.14. The van der Waals surface area contributed by atoms with Gasteiger partial charge < -0.3 is 10.2 Å². The van der Waals surface area contributed by atoms with Crippen LogP contribution >= 0.6 is 0 Å². The summed E-state index contributed by atoms with van der Waals surface area (Å²) >= 11 is 0. The van der Waals surface area contributed by atoms with Gasteiger partial charge in [0.15, 0.2) is 0 Å². The van der Waals surface area contributed by atoms with E-state index in [4.69, 9.17) is 5.11 Å². The summed E-state index contributed by atoms with van der Waals surface area (Å²) in [6.07, 6.45) is 1.37. The molecule has 0 spiro atoms. The fraction of sp³-hybridized carbons (Fsp3) is 0.364. The van der Waals surface area contributed by atoms with Crippen molar-refractivity contribution < 1.29 is 23.8 Å². The molecule has 2 N–H and O–H groups in total. The van der Waals surface area contributed by atoms with E-state index in [0.29, 0.717) is 12.8 Å². The first-order valence-corrected chi connectivity index (χ1v) is 4.85. The molecule has 1 aliphatic carbocycles. The summed E-state index contributed by atoms with van der Waals surface area (Å²) in [5.74, 6) is -3.84. The third kappa shape index (κ3) is 2.04. The molecule has 1 fully saturated rings. The zero-order valence-corrected chi connectivity index (χ0v) is 8.33. The van der Waals surface area contributed by atoms with Crippen molar-refractivity contribution in [1.82, 2.24) is 0 Å². The quantitative estimate of drug-likeness (QED) is 0.828. The summed E-state index contributed by atoms with van der Waals surface area (Å²) < 4.78 is 26.5. The normalized spacial score (nSPS) is 17.2. The lowest BCUT2D eigenvalue weighted by Gasteiger charge is -2.09. The molecule has 3 nitrogen and oxygen atoms in total. The van der Waals surface area contributed by atoms with E-state index in [0.717, 1.165) is 12.1 Å². The highest BCUT2D eigenvalue weighted by atomic mass is 19.1. The summed E-state index contributed by atoms with van der Waals surface area (Å²) in [5.41, 5.74) is -1.53. The lowest BCUT2D eigenvalue weighted by molar-refractivity contribution is 0.0686. The molecule has 0 unspecified atom stereocenters. The van der Waals surface area contributed by atoms with Crippen LogP contribution < -0.4 is 0 Å². The lowest BCUT2D eigenvalue weighted by Crippen LogP contribution is -2.13. The first-order valence-electron chi connectivity index (χ1n) is 4.85. The number of hydrogen-bond donors (Lipinski definition) is 2. The molecule has 0 heterocycles. The van der Waals surface area contributed by atoms with Crippen molar-refractivity contribution in [3.8, 4) is 0 Å². The van der Waals surface area contributed by atoms with Crippen LogP contribution in [0.4, 0.5) is 8.78 Å². The minimum Gasteiger partial charge on any atom is -0.477 e. The lowest BCUT2D eigenvalue weighted by atomic mass is 10.0. The zero-order chi connectivity index (χ0) is 11.9. The molecule has 0 amide bonds. The van der Waals surface area contributed by atoms with Crippen LogP contribution in [0, 0.1) is 11.6 Å². The highest BCUT2D eigenvalue weighted by Gasteiger charge is 2.40. The van der Waals surface area contributed by atoms with E-state index in [-0.39, 0.29) is 12.0 Å². The van der Waals surface area contributed by atoms with Gasteiger partial charge in [-0.3, -0.25) is 0 Å². The number of hydrogen-bond acceptors (Lipinski definition) is 2. The van der Waals surface area contributed by atoms with Crippen molar-refractivity contribution in [1.29, 1.82) is 0 Å². The fourth-order valence-electron chi connectivity index (χ4n) is 1.63. The number of aliphatic hydroxyl groups is 1. The predicted octanol–water partition coefficient (Wildman–Crippen LogP) is 1.73. The van der Waals surface area contributed by atoms with Gasteiger partial charge in [-0.2, -0.15) is 0 Å². The van der Waals surface area contributed by atoms with Crippen molar-refractivity contribution in [3.05, 3.63) is 34.9 Å². The van der Waals surface area contributed by atoms with Gasteiger partial charge in [0.1, 0.15) is 17.2 Å². The molecule has 0 bridgehead atoms. The third-order valence-electron chi connectivity index (χ3n) is 2.68. The number of aromatic carboxylic acids is 1. The zero-order valence-electron chi connectivity index (χ0n) is 8.33. The van der Waals surface area contributed by atoms with E-state index in [9.17, 15) is 18.7 Å². The Bertz CT molecular complexity index is 430. The first kappa shape index (κ1) is 11.0. The molecule has 16 heavy (non-hydrogen) atoms. The van der Waals surface area contributed by atoms with Crippen LogP contribution in [0.2, 0.25) is 0 Å². The monoisotopic (exact) mass is 228 g/mol. The highest BCUT2D eigenvalue weighted by Crippen LogP contribution is 2.38. The van der Waals surface area contributed by atoms with Gasteiger partial charge in [0.25, 0.3) is 0 Å². The van der Waals surface area contributed by atoms with E-state index >= 15 is 0 Å². The van der Waals surface area contributed by atoms with Crippen molar-refractivity contribution in [2.75, 3.05) is 0 Å². The Labute approximate surface area is 90.3 Å². The van der Waals surface area contributed by atoms with Crippen LogP contribution in [0.25, 0.3) is 0 Å². The van der Waals surface area contributed by atoms with Gasteiger partial charge in [0.2, 0.25) is 0 Å². The number of rotatable bonds is 3. The maximum absolute atomic E-state index is 13.3. The van der Waals surface area contributed by atoms with Gasteiger partial charge >= 0.3 is 5.97 Å². The molecule has 0 aromatic heterocycles. The fourth-order valence-corrected chi connectivity index (χ4v) is 1.63. The largest absolute Gasteiger partial charge is 0.477 e. The standard InChI is InChI=1S/C11H10F2O3/c12-7-3-6(5-11(16)1-2-11)4-8(13)9(7)10(14)15/h3-4,16H,1-2,5H2,(H,14,15). The maximum Gasteiger partial charge on any atom is 0.341 e. The molecule has 1 aliphatic rings. The average molecular weight is 228 g/mol. The van der Waals surface area contributed by atoms with E-state index in [1.807, 2.05) is 0 Å². The van der Waals surface area contributed by atoms with Crippen LogP contribution in [-0.4, -0.2) is 21.8 Å². The third-order valence-corrected chi connectivity index (χ3v) is 2.68. The van der Waals surface area contributed by atoms with Crippen LogP contribution in [0.1, 0.15) is 28.8 Å². The number of carboxylic acids is 1. The van der Waals surface area contributed by atoms with Crippen LogP contribution in [0.5, 0.6) is 0 Å². The van der Waals surface area contributed by atoms with Crippen molar-refractivity contribution in [2.45, 2.75) is 24.9 Å². The van der Waals surface area contributed by atoms with Gasteiger partial charge in [0, 0.05) is 6.42 Å². The molecular formula is C11H10F2O3. The predicted molar refractivity (Wildman–Crippen MR) is 51.2 cm³/mol. The average Bonchev–Trinajstić information content (AvgIpc) is 2.80. The van der Waals surface area contributed by atoms with Gasteiger partial charge in [-0.25, -0.2) is 13.6 Å². The van der Waals surface area contributed by atoms with E-state index in [1.165, 1.54) is 0 Å². The molecule has 1 saturated carbocycles. The molecule has 0 aliphatic heterocycles. The Morgan fingerprint density at radius 3 is 2.19 bits per heavy atom. The van der Waals surface area contributed by atoms with Gasteiger partial charge in [-0.1, -0.05) is 0 Å². The first-order chi connectivity index (χ1) is 7.41. The Hall–Kier alpha value is -1.49. The summed E-state index contributed by atoms with van der Waals surface area (Å²) in [7, 11) is 0. The number of carboxylic acid groups (broad SMARTS) is 1. The van der Waals surface area contributed by atoms with Gasteiger partial charge in [-0.05, 0) is 30.5 Å². The SMILES string of the molecule is O=C(O)c1c(F)cc(CC2(O)CC2)cc1F. The Kier molecular flexibility index (Phi) is 2.42. The van der Waals surface area contributed by atoms with Crippen LogP contribution in [-0.2, 0) is 6.42 Å². The second kappa shape index (κ2) is 3.52. The summed E-state index contributed by atoms with van der Waals surface area (Å²) in [4.78, 5) is 10.5. The molecule has 0 radical (unpaired) electrons. The Balaban J connectivity index is 2.33. The van der Waals surface area contributed by atoms with Crippen molar-refractivity contribution >= 4 is 5.97 Å². The van der Waals surface area contributed by atoms with E-state index in [1.54, 1.807) is 0 Å². The minimum absolute atomic E-state index is 0.154. The second-order valence-electron chi connectivity index (χ2n) is 4.14. The minimum atomic E-state index is -1.63. The molecule has 1 aromatic rings. The molecular weight excluding hydrogens is 218 g/mol. The molecule has 5 heteroatoms. The van der Waals surface area contributed by atoms with Crippen LogP contribution in [0.3, 0.4) is 0 Å². The smallest absolute Gasteiger partial charge is 0.341 e. The summed E-state index contributed by atoms with van der Waals surface area (Å²) in [5, 5.41) is 18.1. The summed E-state index contributed by atoms with van der Waals surface area (Å²) in [6, 6.07) is 1.92. The van der Waals surface area contributed by atoms with E-state index < -0.39 is 28.8 Å². The molecule has 1 aromatic carbocycles.